The minimum Gasteiger partial charge on any atom is -0.508 e. The number of phenolic OH excluding ortho intramolecular Hbond substituents is 1. The Balaban J connectivity index is 2.04. The molecule has 1 aliphatic heterocycles. The smallest absolute Gasteiger partial charge is 0.336 e. The highest BCUT2D eigenvalue weighted by atomic mass is 16.7. The molecular formula is C17H12O6. The van der Waals surface area contributed by atoms with Gasteiger partial charge in [-0.2, -0.15) is 0 Å². The van der Waals surface area contributed by atoms with Gasteiger partial charge in [-0.15, -0.1) is 0 Å². The fourth-order valence-electron chi connectivity index (χ4n) is 2.70. The molecule has 2 heterocycles. The SMILES string of the molecule is COc1cc(O)cc2oc(=O)cc(-c3ccc4c(c3)OCO4)c12. The summed E-state index contributed by atoms with van der Waals surface area (Å²) in [6, 6.07) is 9.65. The maximum atomic E-state index is 11.9. The van der Waals surface area contributed by atoms with Crippen molar-refractivity contribution in [2.24, 2.45) is 0 Å². The van der Waals surface area contributed by atoms with Crippen molar-refractivity contribution in [3.05, 3.63) is 46.8 Å². The van der Waals surface area contributed by atoms with E-state index in [4.69, 9.17) is 18.6 Å². The lowest BCUT2D eigenvalue weighted by Gasteiger charge is -2.11. The zero-order chi connectivity index (χ0) is 16.0. The number of aromatic hydroxyl groups is 1. The summed E-state index contributed by atoms with van der Waals surface area (Å²) in [5.41, 5.74) is 1.13. The minimum atomic E-state index is -0.516. The monoisotopic (exact) mass is 312 g/mol. The summed E-state index contributed by atoms with van der Waals surface area (Å²) in [4.78, 5) is 11.9. The van der Waals surface area contributed by atoms with Crippen molar-refractivity contribution in [1.82, 2.24) is 0 Å². The van der Waals surface area contributed by atoms with Crippen molar-refractivity contribution < 1.29 is 23.7 Å². The van der Waals surface area contributed by atoms with E-state index >= 15 is 0 Å². The lowest BCUT2D eigenvalue weighted by atomic mass is 10.0. The van der Waals surface area contributed by atoms with Crippen molar-refractivity contribution >= 4 is 11.0 Å². The van der Waals surface area contributed by atoms with Gasteiger partial charge in [-0.3, -0.25) is 0 Å². The number of hydrogen-bond acceptors (Lipinski definition) is 6. The maximum Gasteiger partial charge on any atom is 0.336 e. The zero-order valence-electron chi connectivity index (χ0n) is 12.2. The third-order valence-corrected chi connectivity index (χ3v) is 3.70. The molecule has 0 saturated heterocycles. The summed E-state index contributed by atoms with van der Waals surface area (Å²) in [5, 5.41) is 10.3. The third kappa shape index (κ3) is 2.15. The van der Waals surface area contributed by atoms with Crippen LogP contribution in [0.1, 0.15) is 0 Å². The molecule has 116 valence electrons. The van der Waals surface area contributed by atoms with Gasteiger partial charge in [0, 0.05) is 23.8 Å². The summed E-state index contributed by atoms with van der Waals surface area (Å²) in [7, 11) is 1.49. The molecule has 1 aliphatic rings. The van der Waals surface area contributed by atoms with E-state index < -0.39 is 5.63 Å². The molecule has 6 heteroatoms. The summed E-state index contributed by atoms with van der Waals surface area (Å²) in [5.74, 6) is 1.64. The van der Waals surface area contributed by atoms with Gasteiger partial charge >= 0.3 is 5.63 Å². The number of rotatable bonds is 2. The number of benzene rings is 2. The normalized spacial score (nSPS) is 12.6. The van der Waals surface area contributed by atoms with Gasteiger partial charge in [0.15, 0.2) is 11.5 Å². The molecule has 4 rings (SSSR count). The largest absolute Gasteiger partial charge is 0.508 e. The Morgan fingerprint density at radius 3 is 2.74 bits per heavy atom. The Labute approximate surface area is 130 Å². The van der Waals surface area contributed by atoms with Crippen molar-refractivity contribution in [2.75, 3.05) is 13.9 Å². The van der Waals surface area contributed by atoms with E-state index in [1.807, 2.05) is 6.07 Å². The average molecular weight is 312 g/mol. The quantitative estimate of drug-likeness (QED) is 0.733. The molecule has 0 radical (unpaired) electrons. The second-order valence-corrected chi connectivity index (χ2v) is 5.07. The Morgan fingerprint density at radius 2 is 1.91 bits per heavy atom. The second kappa shape index (κ2) is 4.95. The first-order chi connectivity index (χ1) is 11.2. The molecule has 6 nitrogen and oxygen atoms in total. The van der Waals surface area contributed by atoms with E-state index in [-0.39, 0.29) is 18.1 Å². The van der Waals surface area contributed by atoms with Gasteiger partial charge in [-0.1, -0.05) is 6.07 Å². The predicted octanol–water partition coefficient (Wildman–Crippen LogP) is 2.90. The molecule has 1 aromatic heterocycles. The molecule has 0 fully saturated rings. The van der Waals surface area contributed by atoms with Crippen LogP contribution >= 0.6 is 0 Å². The van der Waals surface area contributed by atoms with Gasteiger partial charge in [0.2, 0.25) is 6.79 Å². The van der Waals surface area contributed by atoms with E-state index in [1.165, 1.54) is 25.3 Å². The Kier molecular flexibility index (Phi) is 2.90. The van der Waals surface area contributed by atoms with Crippen molar-refractivity contribution in [3.63, 3.8) is 0 Å². The number of fused-ring (bicyclic) bond motifs is 2. The highest BCUT2D eigenvalue weighted by Gasteiger charge is 2.18. The number of hydrogen-bond donors (Lipinski definition) is 1. The molecule has 0 atom stereocenters. The fourth-order valence-corrected chi connectivity index (χ4v) is 2.70. The van der Waals surface area contributed by atoms with Crippen molar-refractivity contribution in [3.8, 4) is 34.1 Å². The van der Waals surface area contributed by atoms with Crippen LogP contribution < -0.4 is 19.8 Å². The summed E-state index contributed by atoms with van der Waals surface area (Å²) >= 11 is 0. The third-order valence-electron chi connectivity index (χ3n) is 3.70. The summed E-state index contributed by atoms with van der Waals surface area (Å²) in [6.45, 7) is 0.174. The van der Waals surface area contributed by atoms with Crippen LogP contribution in [-0.4, -0.2) is 19.0 Å². The number of ether oxygens (including phenoxy) is 3. The lowest BCUT2D eigenvalue weighted by molar-refractivity contribution is 0.174. The van der Waals surface area contributed by atoms with Crippen LogP contribution in [0, 0.1) is 0 Å². The van der Waals surface area contributed by atoms with E-state index in [0.29, 0.717) is 28.2 Å². The standard InChI is InChI=1S/C17H12O6/c1-20-14-5-10(18)6-15-17(14)11(7-16(19)23-15)9-2-3-12-13(4-9)22-8-21-12/h2-7,18H,8H2,1H3. The molecule has 23 heavy (non-hydrogen) atoms. The molecule has 0 amide bonds. The minimum absolute atomic E-state index is 0.0414. The van der Waals surface area contributed by atoms with Crippen molar-refractivity contribution in [2.45, 2.75) is 0 Å². The van der Waals surface area contributed by atoms with Gasteiger partial charge < -0.3 is 23.7 Å². The van der Waals surface area contributed by atoms with Gasteiger partial charge in [0.25, 0.3) is 0 Å². The first-order valence-corrected chi connectivity index (χ1v) is 6.90. The maximum absolute atomic E-state index is 11.9. The van der Waals surface area contributed by atoms with Crippen LogP contribution in [0.5, 0.6) is 23.0 Å². The second-order valence-electron chi connectivity index (χ2n) is 5.07. The zero-order valence-corrected chi connectivity index (χ0v) is 12.2. The van der Waals surface area contributed by atoms with Gasteiger partial charge in [-0.05, 0) is 17.7 Å². The Bertz CT molecular complexity index is 973. The van der Waals surface area contributed by atoms with Gasteiger partial charge in [0.1, 0.15) is 17.1 Å². The average Bonchev–Trinajstić information content (AvgIpc) is 3.00. The molecule has 2 aromatic carbocycles. The van der Waals surface area contributed by atoms with E-state index in [9.17, 15) is 9.90 Å². The Hall–Kier alpha value is -3.15. The number of methoxy groups -OCH3 is 1. The van der Waals surface area contributed by atoms with E-state index in [1.54, 1.807) is 12.1 Å². The van der Waals surface area contributed by atoms with Crippen molar-refractivity contribution in [1.29, 1.82) is 0 Å². The van der Waals surface area contributed by atoms with Crippen LogP contribution in [0.3, 0.4) is 0 Å². The molecule has 0 saturated carbocycles. The molecule has 3 aromatic rings. The van der Waals surface area contributed by atoms with E-state index in [0.717, 1.165) is 5.56 Å². The lowest BCUT2D eigenvalue weighted by Crippen LogP contribution is -1.99. The van der Waals surface area contributed by atoms with E-state index in [2.05, 4.69) is 0 Å². The first-order valence-electron chi connectivity index (χ1n) is 6.90. The van der Waals surface area contributed by atoms with Crippen LogP contribution in [0.25, 0.3) is 22.1 Å². The highest BCUT2D eigenvalue weighted by Crippen LogP contribution is 2.40. The van der Waals surface area contributed by atoms with Crippen LogP contribution in [-0.2, 0) is 0 Å². The molecule has 0 spiro atoms. The summed E-state index contributed by atoms with van der Waals surface area (Å²) < 4.78 is 21.2. The molecule has 1 N–H and O–H groups in total. The van der Waals surface area contributed by atoms with Crippen LogP contribution in [0.15, 0.2) is 45.6 Å². The van der Waals surface area contributed by atoms with Gasteiger partial charge in [0.05, 0.1) is 12.5 Å². The van der Waals surface area contributed by atoms with Gasteiger partial charge in [-0.25, -0.2) is 4.79 Å². The highest BCUT2D eigenvalue weighted by molar-refractivity contribution is 5.98. The topological polar surface area (TPSA) is 78.1 Å². The first kappa shape index (κ1) is 13.5. The number of phenols is 1. The molecule has 0 bridgehead atoms. The predicted molar refractivity (Wildman–Crippen MR) is 82.3 cm³/mol. The van der Waals surface area contributed by atoms with Crippen LogP contribution in [0.2, 0.25) is 0 Å². The fraction of sp³-hybridized carbons (Fsp3) is 0.118. The molecule has 0 unspecified atom stereocenters. The van der Waals surface area contributed by atoms with Crippen LogP contribution in [0.4, 0.5) is 0 Å². The Morgan fingerprint density at radius 1 is 1.09 bits per heavy atom. The molecular weight excluding hydrogens is 300 g/mol. The summed E-state index contributed by atoms with van der Waals surface area (Å²) in [6.07, 6.45) is 0. The molecule has 0 aliphatic carbocycles.